The summed E-state index contributed by atoms with van der Waals surface area (Å²) in [5.41, 5.74) is 0. The number of rotatable bonds is 12. The lowest BCUT2D eigenvalue weighted by Gasteiger charge is -2.16. The molecule has 0 bridgehead atoms. The van der Waals surface area contributed by atoms with Gasteiger partial charge >= 0.3 is 0 Å². The topological polar surface area (TPSA) is 30.5 Å². The summed E-state index contributed by atoms with van der Waals surface area (Å²) < 4.78 is 10.5. The summed E-state index contributed by atoms with van der Waals surface area (Å²) in [7, 11) is 3.71. The van der Waals surface area contributed by atoms with E-state index in [1.807, 2.05) is 7.05 Å². The Kier molecular flexibility index (Phi) is 12.9. The molecule has 3 nitrogen and oxygen atoms in total. The Morgan fingerprint density at radius 3 is 2.44 bits per heavy atom. The van der Waals surface area contributed by atoms with Crippen molar-refractivity contribution in [2.24, 2.45) is 0 Å². The molecule has 0 aliphatic carbocycles. The van der Waals surface area contributed by atoms with Crippen molar-refractivity contribution in [1.29, 1.82) is 0 Å². The predicted molar refractivity (Wildman–Crippen MR) is 68.9 cm³/mol. The third kappa shape index (κ3) is 10.4. The fraction of sp³-hybridized carbons (Fsp3) is 1.00. The summed E-state index contributed by atoms with van der Waals surface area (Å²) in [6, 6.07) is 0.499. The van der Waals surface area contributed by atoms with Crippen LogP contribution in [0.1, 0.15) is 45.4 Å². The van der Waals surface area contributed by atoms with Gasteiger partial charge in [-0.25, -0.2) is 0 Å². The molecule has 1 N–H and O–H groups in total. The molecule has 0 saturated heterocycles. The van der Waals surface area contributed by atoms with E-state index in [9.17, 15) is 0 Å². The maximum atomic E-state index is 5.52. The lowest BCUT2D eigenvalue weighted by Crippen LogP contribution is -2.30. The zero-order chi connectivity index (χ0) is 12.1. The molecule has 0 aromatic carbocycles. The normalized spacial score (nSPS) is 12.9. The highest BCUT2D eigenvalue weighted by atomic mass is 16.5. The van der Waals surface area contributed by atoms with Crippen LogP contribution in [0.4, 0.5) is 0 Å². The minimum atomic E-state index is 0.499. The SMILES string of the molecule is CCCCCCCC(COCCOC)NC. The van der Waals surface area contributed by atoms with Crippen molar-refractivity contribution in [3.05, 3.63) is 0 Å². The first-order valence-electron chi connectivity index (χ1n) is 6.59. The van der Waals surface area contributed by atoms with Crippen LogP contribution >= 0.6 is 0 Å². The number of nitrogens with one attached hydrogen (secondary N) is 1. The van der Waals surface area contributed by atoms with Gasteiger partial charge in [0, 0.05) is 13.2 Å². The molecule has 0 aromatic heterocycles. The van der Waals surface area contributed by atoms with Crippen LogP contribution in [0.15, 0.2) is 0 Å². The van der Waals surface area contributed by atoms with Gasteiger partial charge in [-0.1, -0.05) is 39.0 Å². The van der Waals surface area contributed by atoms with Gasteiger partial charge < -0.3 is 14.8 Å². The van der Waals surface area contributed by atoms with E-state index in [0.717, 1.165) is 6.61 Å². The lowest BCUT2D eigenvalue weighted by atomic mass is 10.1. The Balaban J connectivity index is 3.29. The monoisotopic (exact) mass is 231 g/mol. The van der Waals surface area contributed by atoms with E-state index in [4.69, 9.17) is 9.47 Å². The third-order valence-corrected chi connectivity index (χ3v) is 2.82. The molecular weight excluding hydrogens is 202 g/mol. The summed E-state index contributed by atoms with van der Waals surface area (Å²) in [5, 5.41) is 3.30. The quantitative estimate of drug-likeness (QED) is 0.524. The summed E-state index contributed by atoms with van der Waals surface area (Å²) in [6.45, 7) is 4.44. The van der Waals surface area contributed by atoms with Crippen LogP contribution in [0.25, 0.3) is 0 Å². The Hall–Kier alpha value is -0.120. The van der Waals surface area contributed by atoms with Gasteiger partial charge in [-0.3, -0.25) is 0 Å². The zero-order valence-electron chi connectivity index (χ0n) is 11.3. The van der Waals surface area contributed by atoms with Gasteiger partial charge in [-0.05, 0) is 13.5 Å². The van der Waals surface area contributed by atoms with Gasteiger partial charge in [0.25, 0.3) is 0 Å². The van der Waals surface area contributed by atoms with E-state index in [1.165, 1.54) is 38.5 Å². The molecule has 0 saturated carbocycles. The molecule has 0 aliphatic rings. The van der Waals surface area contributed by atoms with Gasteiger partial charge in [0.15, 0.2) is 0 Å². The first kappa shape index (κ1) is 15.9. The molecule has 0 radical (unpaired) electrons. The number of hydrogen-bond acceptors (Lipinski definition) is 3. The molecule has 16 heavy (non-hydrogen) atoms. The Morgan fingerprint density at radius 1 is 1.06 bits per heavy atom. The van der Waals surface area contributed by atoms with E-state index in [-0.39, 0.29) is 0 Å². The summed E-state index contributed by atoms with van der Waals surface area (Å²) in [5.74, 6) is 0. The van der Waals surface area contributed by atoms with Gasteiger partial charge in [0.1, 0.15) is 0 Å². The lowest BCUT2D eigenvalue weighted by molar-refractivity contribution is 0.0582. The zero-order valence-corrected chi connectivity index (χ0v) is 11.3. The summed E-state index contributed by atoms with van der Waals surface area (Å²) in [6.07, 6.45) is 7.93. The van der Waals surface area contributed by atoms with Gasteiger partial charge in [0.2, 0.25) is 0 Å². The maximum Gasteiger partial charge on any atom is 0.0701 e. The molecule has 98 valence electrons. The van der Waals surface area contributed by atoms with Crippen molar-refractivity contribution in [2.75, 3.05) is 34.0 Å². The molecule has 0 heterocycles. The van der Waals surface area contributed by atoms with Gasteiger partial charge in [-0.15, -0.1) is 0 Å². The first-order valence-corrected chi connectivity index (χ1v) is 6.59. The number of likely N-dealkylation sites (N-methyl/N-ethyl adjacent to an activating group) is 1. The van der Waals surface area contributed by atoms with Crippen molar-refractivity contribution in [3.63, 3.8) is 0 Å². The van der Waals surface area contributed by atoms with Gasteiger partial charge in [0.05, 0.1) is 19.8 Å². The highest BCUT2D eigenvalue weighted by Gasteiger charge is 2.05. The van der Waals surface area contributed by atoms with Crippen LogP contribution in [0, 0.1) is 0 Å². The first-order chi connectivity index (χ1) is 7.85. The highest BCUT2D eigenvalue weighted by molar-refractivity contribution is 4.63. The van der Waals surface area contributed by atoms with Crippen LogP contribution in [-0.2, 0) is 9.47 Å². The summed E-state index contributed by atoms with van der Waals surface area (Å²) in [4.78, 5) is 0. The molecule has 1 atom stereocenters. The highest BCUT2D eigenvalue weighted by Crippen LogP contribution is 2.07. The molecule has 0 spiro atoms. The Labute approximate surface area is 101 Å². The predicted octanol–water partition coefficient (Wildman–Crippen LogP) is 2.60. The number of hydrogen-bond donors (Lipinski definition) is 1. The average molecular weight is 231 g/mol. The molecule has 0 rings (SSSR count). The number of methoxy groups -OCH3 is 1. The van der Waals surface area contributed by atoms with Crippen molar-refractivity contribution in [3.8, 4) is 0 Å². The summed E-state index contributed by atoms with van der Waals surface area (Å²) >= 11 is 0. The molecule has 0 aliphatic heterocycles. The standard InChI is InChI=1S/C13H29NO2/c1-4-5-6-7-8-9-13(14-2)12-16-11-10-15-3/h13-14H,4-12H2,1-3H3. The smallest absolute Gasteiger partial charge is 0.0701 e. The van der Waals surface area contributed by atoms with E-state index < -0.39 is 0 Å². The van der Waals surface area contributed by atoms with E-state index in [2.05, 4.69) is 12.2 Å². The van der Waals surface area contributed by atoms with E-state index in [1.54, 1.807) is 7.11 Å². The third-order valence-electron chi connectivity index (χ3n) is 2.82. The second kappa shape index (κ2) is 12.9. The second-order valence-electron chi connectivity index (χ2n) is 4.26. The van der Waals surface area contributed by atoms with Gasteiger partial charge in [-0.2, -0.15) is 0 Å². The van der Waals surface area contributed by atoms with E-state index >= 15 is 0 Å². The van der Waals surface area contributed by atoms with Crippen LogP contribution in [0.3, 0.4) is 0 Å². The molecular formula is C13H29NO2. The van der Waals surface area contributed by atoms with Crippen LogP contribution in [0.2, 0.25) is 0 Å². The molecule has 3 heteroatoms. The Morgan fingerprint density at radius 2 is 1.81 bits per heavy atom. The molecule has 0 fully saturated rings. The maximum absolute atomic E-state index is 5.52. The average Bonchev–Trinajstić information content (AvgIpc) is 2.31. The van der Waals surface area contributed by atoms with E-state index in [0.29, 0.717) is 19.3 Å². The molecule has 1 unspecified atom stereocenters. The largest absolute Gasteiger partial charge is 0.382 e. The van der Waals surface area contributed by atoms with Crippen molar-refractivity contribution in [1.82, 2.24) is 5.32 Å². The number of unbranched alkanes of at least 4 members (excludes halogenated alkanes) is 4. The minimum absolute atomic E-state index is 0.499. The van der Waals surface area contributed by atoms with Crippen molar-refractivity contribution >= 4 is 0 Å². The fourth-order valence-electron chi connectivity index (χ4n) is 1.67. The minimum Gasteiger partial charge on any atom is -0.382 e. The fourth-order valence-corrected chi connectivity index (χ4v) is 1.67. The molecule has 0 aromatic rings. The van der Waals surface area contributed by atoms with Crippen molar-refractivity contribution < 1.29 is 9.47 Å². The van der Waals surface area contributed by atoms with Crippen LogP contribution in [-0.4, -0.2) is 40.0 Å². The van der Waals surface area contributed by atoms with Crippen molar-refractivity contribution in [2.45, 2.75) is 51.5 Å². The molecule has 0 amide bonds. The Bertz CT molecular complexity index is 131. The second-order valence-corrected chi connectivity index (χ2v) is 4.26. The van der Waals surface area contributed by atoms with Crippen LogP contribution in [0.5, 0.6) is 0 Å². The number of ether oxygens (including phenoxy) is 2. The van der Waals surface area contributed by atoms with Crippen LogP contribution < -0.4 is 5.32 Å².